The Bertz CT molecular complexity index is 799. The maximum Gasteiger partial charge on any atom is 0.191 e. The van der Waals surface area contributed by atoms with Crippen LogP contribution in [0.4, 0.5) is 0 Å². The van der Waals surface area contributed by atoms with Gasteiger partial charge in [0.1, 0.15) is 5.76 Å². The Labute approximate surface area is 177 Å². The molecule has 2 aromatic heterocycles. The molecule has 0 aliphatic carbocycles. The smallest absolute Gasteiger partial charge is 0.191 e. The standard InChI is InChI=1S/C20H25N5O.HI/c1-25-18(10-14-24-25)16-23-20(22-13-11-19-8-5-15-26-19)21-12-9-17-6-3-2-4-7-17;/h2-8,10,14-15H,9,11-13,16H2,1H3,(H2,21,22,23);1H. The van der Waals surface area contributed by atoms with Gasteiger partial charge in [-0.3, -0.25) is 4.68 Å². The van der Waals surface area contributed by atoms with Crippen LogP contribution in [0.5, 0.6) is 0 Å². The van der Waals surface area contributed by atoms with E-state index in [-0.39, 0.29) is 24.0 Å². The summed E-state index contributed by atoms with van der Waals surface area (Å²) in [5, 5.41) is 11.0. The van der Waals surface area contributed by atoms with E-state index < -0.39 is 0 Å². The number of furan rings is 1. The lowest BCUT2D eigenvalue weighted by Gasteiger charge is -2.12. The van der Waals surface area contributed by atoms with Gasteiger partial charge in [0.25, 0.3) is 0 Å². The summed E-state index contributed by atoms with van der Waals surface area (Å²) >= 11 is 0. The second-order valence-electron chi connectivity index (χ2n) is 6.03. The molecule has 0 radical (unpaired) electrons. The van der Waals surface area contributed by atoms with Crippen molar-refractivity contribution in [3.05, 3.63) is 78.0 Å². The molecule has 2 N–H and O–H groups in total. The number of benzene rings is 1. The first kappa shape index (κ1) is 21.0. The Morgan fingerprint density at radius 3 is 2.48 bits per heavy atom. The number of halogens is 1. The number of nitrogens with zero attached hydrogens (tertiary/aromatic N) is 3. The lowest BCUT2D eigenvalue weighted by atomic mass is 10.1. The van der Waals surface area contributed by atoms with E-state index in [1.807, 2.05) is 36.0 Å². The Hall–Kier alpha value is -2.29. The van der Waals surface area contributed by atoms with Gasteiger partial charge in [0.2, 0.25) is 0 Å². The van der Waals surface area contributed by atoms with Crippen LogP contribution in [0, 0.1) is 0 Å². The van der Waals surface area contributed by atoms with E-state index in [1.165, 1.54) is 5.56 Å². The summed E-state index contributed by atoms with van der Waals surface area (Å²) in [5.74, 6) is 1.77. The van der Waals surface area contributed by atoms with E-state index in [4.69, 9.17) is 4.42 Å². The minimum atomic E-state index is 0. The number of hydrogen-bond donors (Lipinski definition) is 2. The van der Waals surface area contributed by atoms with Crippen molar-refractivity contribution >= 4 is 29.9 Å². The van der Waals surface area contributed by atoms with Crippen molar-refractivity contribution in [2.45, 2.75) is 19.4 Å². The first-order valence-electron chi connectivity index (χ1n) is 8.86. The van der Waals surface area contributed by atoms with E-state index in [9.17, 15) is 0 Å². The van der Waals surface area contributed by atoms with Gasteiger partial charge in [0.15, 0.2) is 5.96 Å². The average molecular weight is 479 g/mol. The fourth-order valence-corrected chi connectivity index (χ4v) is 2.62. The fourth-order valence-electron chi connectivity index (χ4n) is 2.62. The van der Waals surface area contributed by atoms with Gasteiger partial charge in [-0.05, 0) is 30.2 Å². The molecule has 0 aliphatic heterocycles. The summed E-state index contributed by atoms with van der Waals surface area (Å²) in [6, 6.07) is 16.3. The molecule has 3 aromatic rings. The van der Waals surface area contributed by atoms with Gasteiger partial charge in [-0.2, -0.15) is 5.10 Å². The van der Waals surface area contributed by atoms with Gasteiger partial charge < -0.3 is 15.1 Å². The highest BCUT2D eigenvalue weighted by molar-refractivity contribution is 14.0. The summed E-state index contributed by atoms with van der Waals surface area (Å²) in [5.41, 5.74) is 2.38. The monoisotopic (exact) mass is 479 g/mol. The molecule has 6 nitrogen and oxygen atoms in total. The summed E-state index contributed by atoms with van der Waals surface area (Å²) < 4.78 is 7.22. The van der Waals surface area contributed by atoms with Crippen molar-refractivity contribution in [1.82, 2.24) is 20.4 Å². The molecule has 0 unspecified atom stereocenters. The van der Waals surface area contributed by atoms with Gasteiger partial charge >= 0.3 is 0 Å². The molecule has 0 aliphatic rings. The van der Waals surface area contributed by atoms with Crippen molar-refractivity contribution in [1.29, 1.82) is 0 Å². The average Bonchev–Trinajstić information content (AvgIpc) is 3.32. The van der Waals surface area contributed by atoms with Crippen molar-refractivity contribution in [3.63, 3.8) is 0 Å². The van der Waals surface area contributed by atoms with Crippen LogP contribution in [-0.4, -0.2) is 28.8 Å². The minimum Gasteiger partial charge on any atom is -0.469 e. The van der Waals surface area contributed by atoms with Crippen LogP contribution in [0.15, 0.2) is 70.4 Å². The SMILES string of the molecule is Cn1nccc1CN=C(NCCc1ccccc1)NCCc1ccco1.I. The first-order chi connectivity index (χ1) is 12.8. The number of rotatable bonds is 8. The zero-order valence-electron chi connectivity index (χ0n) is 15.5. The molecular formula is C20H26IN5O. The second-order valence-corrected chi connectivity index (χ2v) is 6.03. The molecule has 7 heteroatoms. The maximum atomic E-state index is 5.38. The molecule has 1 aromatic carbocycles. The van der Waals surface area contributed by atoms with E-state index in [0.29, 0.717) is 6.54 Å². The molecule has 0 spiro atoms. The van der Waals surface area contributed by atoms with Crippen LogP contribution in [-0.2, 0) is 26.4 Å². The number of nitrogens with one attached hydrogen (secondary N) is 2. The van der Waals surface area contributed by atoms with Gasteiger partial charge in [-0.1, -0.05) is 30.3 Å². The van der Waals surface area contributed by atoms with Gasteiger partial charge in [0.05, 0.1) is 18.5 Å². The van der Waals surface area contributed by atoms with Crippen LogP contribution in [0.3, 0.4) is 0 Å². The van der Waals surface area contributed by atoms with Gasteiger partial charge in [0, 0.05) is 32.8 Å². The fraction of sp³-hybridized carbons (Fsp3) is 0.300. The molecule has 3 rings (SSSR count). The van der Waals surface area contributed by atoms with Crippen LogP contribution in [0.2, 0.25) is 0 Å². The van der Waals surface area contributed by atoms with Gasteiger partial charge in [-0.25, -0.2) is 4.99 Å². The number of aryl methyl sites for hydroxylation is 1. The predicted molar refractivity (Wildman–Crippen MR) is 118 cm³/mol. The normalized spacial score (nSPS) is 11.1. The molecule has 0 fully saturated rings. The third kappa shape index (κ3) is 7.09. The zero-order chi connectivity index (χ0) is 18.0. The molecular weight excluding hydrogens is 453 g/mol. The largest absolute Gasteiger partial charge is 0.469 e. The van der Waals surface area contributed by atoms with Crippen LogP contribution >= 0.6 is 24.0 Å². The van der Waals surface area contributed by atoms with Crippen molar-refractivity contribution in [2.24, 2.45) is 12.0 Å². The Kier molecular flexibility index (Phi) is 8.90. The molecule has 27 heavy (non-hydrogen) atoms. The second kappa shape index (κ2) is 11.4. The molecule has 0 saturated heterocycles. The topological polar surface area (TPSA) is 67.4 Å². The summed E-state index contributed by atoms with van der Waals surface area (Å²) in [4.78, 5) is 4.68. The predicted octanol–water partition coefficient (Wildman–Crippen LogP) is 3.15. The molecule has 144 valence electrons. The van der Waals surface area contributed by atoms with Crippen LogP contribution in [0.25, 0.3) is 0 Å². The molecule has 0 saturated carbocycles. The number of aromatic nitrogens is 2. The Morgan fingerprint density at radius 1 is 1.04 bits per heavy atom. The summed E-state index contributed by atoms with van der Waals surface area (Å²) in [6.07, 6.45) is 5.26. The van der Waals surface area contributed by atoms with Crippen LogP contribution < -0.4 is 10.6 Å². The first-order valence-corrected chi connectivity index (χ1v) is 8.86. The number of hydrogen-bond acceptors (Lipinski definition) is 3. The molecule has 0 bridgehead atoms. The highest BCUT2D eigenvalue weighted by Crippen LogP contribution is 2.01. The molecule has 2 heterocycles. The Morgan fingerprint density at radius 2 is 1.81 bits per heavy atom. The molecule has 0 atom stereocenters. The van der Waals surface area contributed by atoms with E-state index in [0.717, 1.165) is 43.3 Å². The highest BCUT2D eigenvalue weighted by atomic mass is 127. The summed E-state index contributed by atoms with van der Waals surface area (Å²) in [7, 11) is 1.93. The van der Waals surface area contributed by atoms with E-state index in [2.05, 4.69) is 45.0 Å². The van der Waals surface area contributed by atoms with E-state index >= 15 is 0 Å². The lowest BCUT2D eigenvalue weighted by Crippen LogP contribution is -2.39. The zero-order valence-corrected chi connectivity index (χ0v) is 17.8. The van der Waals surface area contributed by atoms with Crippen molar-refractivity contribution < 1.29 is 4.42 Å². The number of aliphatic imine (C=N–C) groups is 1. The highest BCUT2D eigenvalue weighted by Gasteiger charge is 2.03. The lowest BCUT2D eigenvalue weighted by molar-refractivity contribution is 0.506. The van der Waals surface area contributed by atoms with Crippen molar-refractivity contribution in [3.8, 4) is 0 Å². The quantitative estimate of drug-likeness (QED) is 0.296. The third-order valence-corrected chi connectivity index (χ3v) is 4.11. The minimum absolute atomic E-state index is 0. The summed E-state index contributed by atoms with van der Waals surface area (Å²) in [6.45, 7) is 2.16. The van der Waals surface area contributed by atoms with Crippen LogP contribution in [0.1, 0.15) is 17.0 Å². The Balaban J connectivity index is 0.00000261. The number of guanidine groups is 1. The van der Waals surface area contributed by atoms with Gasteiger partial charge in [-0.15, -0.1) is 24.0 Å². The molecule has 0 amide bonds. The van der Waals surface area contributed by atoms with Crippen molar-refractivity contribution in [2.75, 3.05) is 13.1 Å². The maximum absolute atomic E-state index is 5.38. The van der Waals surface area contributed by atoms with E-state index in [1.54, 1.807) is 12.5 Å². The third-order valence-electron chi connectivity index (χ3n) is 4.11.